The summed E-state index contributed by atoms with van der Waals surface area (Å²) in [5, 5.41) is 3.80. The van der Waals surface area contributed by atoms with E-state index in [2.05, 4.69) is 28.8 Å². The molecule has 162 valence electrons. The lowest BCUT2D eigenvalue weighted by atomic mass is 10.1. The molecule has 3 aromatic rings. The normalized spacial score (nSPS) is 10.8. The van der Waals surface area contributed by atoms with E-state index in [0.29, 0.717) is 16.4 Å². The summed E-state index contributed by atoms with van der Waals surface area (Å²) in [5.74, 6) is 0.342. The fourth-order valence-electron chi connectivity index (χ4n) is 2.69. The molecule has 0 bridgehead atoms. The molecular weight excluding hydrogens is 390 g/mol. The van der Waals surface area contributed by atoms with Gasteiger partial charge in [-0.3, -0.25) is 4.99 Å². The lowest BCUT2D eigenvalue weighted by molar-refractivity contribution is -0.737. The van der Waals surface area contributed by atoms with Gasteiger partial charge in [0.25, 0.3) is 4.92 Å². The predicted octanol–water partition coefficient (Wildman–Crippen LogP) is 7.07. The largest absolute Gasteiger partial charge is 0.385 e. The van der Waals surface area contributed by atoms with Gasteiger partial charge in [-0.1, -0.05) is 86.8 Å². The number of rotatable bonds is 8. The van der Waals surface area contributed by atoms with E-state index in [-0.39, 0.29) is 5.69 Å². The summed E-state index contributed by atoms with van der Waals surface area (Å²) in [5.41, 5.74) is 3.58. The number of hydrogen-bond donors (Lipinski definition) is 0. The summed E-state index contributed by atoms with van der Waals surface area (Å²) in [6.07, 6.45) is 9.42. The molecule has 0 saturated heterocycles. The molecule has 0 amide bonds. The molecule has 31 heavy (non-hydrogen) atoms. The van der Waals surface area contributed by atoms with Gasteiger partial charge in [-0.25, -0.2) is 4.84 Å². The Morgan fingerprint density at radius 3 is 2.23 bits per heavy atom. The van der Waals surface area contributed by atoms with Crippen molar-refractivity contribution in [3.05, 3.63) is 82.1 Å². The van der Waals surface area contributed by atoms with Crippen LogP contribution in [0.4, 0.5) is 11.4 Å². The standard InChI is InChI=1S/C20H18N3O3.C5H12/c1-15-20(23(24)25-2)19(26-22-15)13-12-16-8-10-17(11-9-16)14-21-18-6-4-3-5-7-18;1-3-5-4-2/h3-14H,1-2H3;3-5H2,1-2H3/q+1;/b13-12+,21-14?;. The zero-order valence-corrected chi connectivity index (χ0v) is 18.6. The van der Waals surface area contributed by atoms with Crippen LogP contribution in [0.3, 0.4) is 0 Å². The van der Waals surface area contributed by atoms with Crippen molar-refractivity contribution in [3.63, 3.8) is 0 Å². The maximum Gasteiger partial charge on any atom is 0.385 e. The number of hydrogen-bond acceptors (Lipinski definition) is 5. The van der Waals surface area contributed by atoms with Crippen LogP contribution in [-0.4, -0.2) is 23.4 Å². The summed E-state index contributed by atoms with van der Waals surface area (Å²) in [7, 11) is 1.29. The first-order chi connectivity index (χ1) is 15.1. The van der Waals surface area contributed by atoms with Gasteiger partial charge in [-0.05, 0) is 36.3 Å². The van der Waals surface area contributed by atoms with E-state index in [9.17, 15) is 4.91 Å². The number of nitrogens with zero attached hydrogens (tertiary/aromatic N) is 3. The smallest absolute Gasteiger partial charge is 0.349 e. The van der Waals surface area contributed by atoms with E-state index >= 15 is 0 Å². The van der Waals surface area contributed by atoms with Crippen LogP contribution in [0.15, 0.2) is 64.1 Å². The van der Waals surface area contributed by atoms with Crippen molar-refractivity contribution in [3.8, 4) is 0 Å². The second-order valence-corrected chi connectivity index (χ2v) is 6.87. The molecule has 0 fully saturated rings. The number of unbranched alkanes of at least 4 members (excludes halogenated alkanes) is 2. The van der Waals surface area contributed by atoms with Gasteiger partial charge in [0.1, 0.15) is 0 Å². The third-order valence-corrected chi connectivity index (χ3v) is 4.40. The molecule has 0 aliphatic carbocycles. The van der Waals surface area contributed by atoms with Crippen LogP contribution in [0.5, 0.6) is 0 Å². The highest BCUT2D eigenvalue weighted by Crippen LogP contribution is 2.25. The molecule has 0 aliphatic rings. The van der Waals surface area contributed by atoms with Gasteiger partial charge < -0.3 is 4.52 Å². The Hall–Kier alpha value is -3.54. The second kappa shape index (κ2) is 12.9. The minimum atomic E-state index is 0.260. The Bertz CT molecular complexity index is 989. The van der Waals surface area contributed by atoms with E-state index < -0.39 is 0 Å². The first kappa shape index (κ1) is 23.7. The Kier molecular flexibility index (Phi) is 9.88. The zero-order chi connectivity index (χ0) is 22.5. The van der Waals surface area contributed by atoms with E-state index in [4.69, 9.17) is 4.52 Å². The molecule has 1 heterocycles. The average molecular weight is 421 g/mol. The molecule has 0 aliphatic heterocycles. The topological polar surface area (TPSA) is 67.7 Å². The summed E-state index contributed by atoms with van der Waals surface area (Å²) in [4.78, 5) is 21.2. The number of para-hydroxylation sites is 1. The molecule has 2 aromatic carbocycles. The molecule has 0 unspecified atom stereocenters. The van der Waals surface area contributed by atoms with E-state index in [0.717, 1.165) is 16.8 Å². The molecule has 0 N–H and O–H groups in total. The van der Waals surface area contributed by atoms with Crippen molar-refractivity contribution < 1.29 is 14.3 Å². The number of benzene rings is 2. The molecular formula is C25H30N3O3+. The van der Waals surface area contributed by atoms with Crippen LogP contribution >= 0.6 is 0 Å². The third kappa shape index (κ3) is 7.66. The second-order valence-electron chi connectivity index (χ2n) is 6.87. The SMILES string of the molecule is CCCCC.CO[N+](=O)c1c(C)noc1/C=C/c1ccc(C=Nc2ccccc2)cc1. The van der Waals surface area contributed by atoms with Crippen molar-refractivity contribution >= 4 is 29.7 Å². The summed E-state index contributed by atoms with van der Waals surface area (Å²) < 4.78 is 5.17. The number of aryl methyl sites for hydroxylation is 1. The van der Waals surface area contributed by atoms with Crippen LogP contribution in [0, 0.1) is 11.8 Å². The maximum atomic E-state index is 11.7. The van der Waals surface area contributed by atoms with Crippen LogP contribution in [0.1, 0.15) is 55.7 Å². The van der Waals surface area contributed by atoms with Crippen LogP contribution < -0.4 is 0 Å². The van der Waals surface area contributed by atoms with Crippen molar-refractivity contribution in [2.24, 2.45) is 4.99 Å². The van der Waals surface area contributed by atoms with Crippen molar-refractivity contribution in [2.45, 2.75) is 40.0 Å². The maximum absolute atomic E-state index is 11.7. The van der Waals surface area contributed by atoms with Crippen LogP contribution in [-0.2, 0) is 4.84 Å². The lowest BCUT2D eigenvalue weighted by Crippen LogP contribution is -1.99. The molecule has 6 nitrogen and oxygen atoms in total. The highest BCUT2D eigenvalue weighted by molar-refractivity contribution is 5.82. The summed E-state index contributed by atoms with van der Waals surface area (Å²) in [6.45, 7) is 6.11. The predicted molar refractivity (Wildman–Crippen MR) is 126 cm³/mol. The average Bonchev–Trinajstić information content (AvgIpc) is 3.18. The highest BCUT2D eigenvalue weighted by atomic mass is 16.8. The molecule has 1 aromatic heterocycles. The van der Waals surface area contributed by atoms with Gasteiger partial charge in [0.2, 0.25) is 5.76 Å². The lowest BCUT2D eigenvalue weighted by Gasteiger charge is -1.96. The molecule has 6 heteroatoms. The third-order valence-electron chi connectivity index (χ3n) is 4.40. The first-order valence-electron chi connectivity index (χ1n) is 10.4. The molecule has 0 saturated carbocycles. The number of aromatic nitrogens is 1. The minimum Gasteiger partial charge on any atom is -0.349 e. The molecule has 0 atom stereocenters. The zero-order valence-electron chi connectivity index (χ0n) is 18.6. The van der Waals surface area contributed by atoms with Crippen LogP contribution in [0.2, 0.25) is 0 Å². The first-order valence-corrected chi connectivity index (χ1v) is 10.4. The monoisotopic (exact) mass is 420 g/mol. The van der Waals surface area contributed by atoms with Crippen molar-refractivity contribution in [1.29, 1.82) is 0 Å². The van der Waals surface area contributed by atoms with Gasteiger partial charge in [0.15, 0.2) is 12.8 Å². The van der Waals surface area contributed by atoms with Gasteiger partial charge in [-0.2, -0.15) is 0 Å². The van der Waals surface area contributed by atoms with Gasteiger partial charge in [-0.15, -0.1) is 0 Å². The van der Waals surface area contributed by atoms with Crippen molar-refractivity contribution in [1.82, 2.24) is 5.16 Å². The quantitative estimate of drug-likeness (QED) is 0.289. The Morgan fingerprint density at radius 2 is 1.65 bits per heavy atom. The van der Waals surface area contributed by atoms with E-state index in [1.807, 2.05) is 66.9 Å². The molecule has 0 spiro atoms. The van der Waals surface area contributed by atoms with E-state index in [1.54, 1.807) is 13.0 Å². The Balaban J connectivity index is 0.000000614. The molecule has 3 rings (SSSR count). The number of aliphatic imine (C=N–C) groups is 1. The van der Waals surface area contributed by atoms with Gasteiger partial charge >= 0.3 is 5.69 Å². The van der Waals surface area contributed by atoms with Gasteiger partial charge in [0, 0.05) is 6.21 Å². The highest BCUT2D eigenvalue weighted by Gasteiger charge is 2.28. The Morgan fingerprint density at radius 1 is 1.00 bits per heavy atom. The fraction of sp³-hybridized carbons (Fsp3) is 0.280. The minimum absolute atomic E-state index is 0.260. The van der Waals surface area contributed by atoms with E-state index in [1.165, 1.54) is 26.4 Å². The summed E-state index contributed by atoms with van der Waals surface area (Å²) in [6, 6.07) is 17.6. The van der Waals surface area contributed by atoms with Crippen molar-refractivity contribution in [2.75, 3.05) is 7.11 Å². The van der Waals surface area contributed by atoms with Crippen LogP contribution in [0.25, 0.3) is 12.2 Å². The summed E-state index contributed by atoms with van der Waals surface area (Å²) >= 11 is 0. The van der Waals surface area contributed by atoms with Gasteiger partial charge in [0.05, 0.1) is 10.6 Å². The molecule has 0 radical (unpaired) electrons. The Labute approximate surface area is 183 Å². The fourth-order valence-corrected chi connectivity index (χ4v) is 2.69.